The molecule has 0 fully saturated rings. The first-order chi connectivity index (χ1) is 3.80. The zero-order chi connectivity index (χ0) is 5.98. The Bertz CT molecular complexity index is 167. The SMILES string of the molecule is [NH]c1ccncc1Cl. The summed E-state index contributed by atoms with van der Waals surface area (Å²) in [6.45, 7) is 0. The van der Waals surface area contributed by atoms with Gasteiger partial charge in [0.2, 0.25) is 0 Å². The van der Waals surface area contributed by atoms with E-state index >= 15 is 0 Å². The lowest BCUT2D eigenvalue weighted by Crippen LogP contribution is -1.72. The number of hydrogen-bond acceptors (Lipinski definition) is 1. The molecule has 0 unspecified atom stereocenters. The van der Waals surface area contributed by atoms with Crippen LogP contribution in [0.2, 0.25) is 5.02 Å². The van der Waals surface area contributed by atoms with Gasteiger partial charge in [-0.05, 0) is 6.07 Å². The monoisotopic (exact) mass is 127 g/mol. The Kier molecular flexibility index (Phi) is 1.35. The lowest BCUT2D eigenvalue weighted by molar-refractivity contribution is 1.30. The summed E-state index contributed by atoms with van der Waals surface area (Å²) in [5, 5.41) is 0.396. The van der Waals surface area contributed by atoms with Crippen LogP contribution in [0.25, 0.3) is 0 Å². The molecule has 0 aliphatic rings. The molecule has 1 aromatic heterocycles. The molecule has 8 heavy (non-hydrogen) atoms. The highest BCUT2D eigenvalue weighted by atomic mass is 35.5. The van der Waals surface area contributed by atoms with E-state index in [0.29, 0.717) is 10.7 Å². The maximum atomic E-state index is 7.05. The van der Waals surface area contributed by atoms with Crippen LogP contribution in [0.5, 0.6) is 0 Å². The molecule has 2 nitrogen and oxygen atoms in total. The minimum atomic E-state index is 0.321. The molecule has 1 heterocycles. The van der Waals surface area contributed by atoms with Crippen molar-refractivity contribution in [3.8, 4) is 0 Å². The van der Waals surface area contributed by atoms with Crippen LogP contribution < -0.4 is 5.73 Å². The quantitative estimate of drug-likeness (QED) is 0.522. The maximum Gasteiger partial charge on any atom is 0.0838 e. The predicted molar refractivity (Wildman–Crippen MR) is 32.0 cm³/mol. The molecule has 0 spiro atoms. The number of rotatable bonds is 0. The van der Waals surface area contributed by atoms with E-state index in [0.717, 1.165) is 0 Å². The standard InChI is InChI=1S/C5H4ClN2/c6-4-3-8-2-1-5(4)7/h1-3,7H. The molecule has 0 aromatic carbocycles. The highest BCUT2D eigenvalue weighted by Crippen LogP contribution is 2.15. The van der Waals surface area contributed by atoms with Crippen LogP contribution >= 0.6 is 11.6 Å². The van der Waals surface area contributed by atoms with Crippen molar-refractivity contribution in [3.63, 3.8) is 0 Å². The Morgan fingerprint density at radius 2 is 2.38 bits per heavy atom. The number of hydrogen-bond donors (Lipinski definition) is 0. The van der Waals surface area contributed by atoms with Gasteiger partial charge in [-0.1, -0.05) is 11.6 Å². The molecule has 0 aliphatic carbocycles. The van der Waals surface area contributed by atoms with Crippen LogP contribution in [0, 0.1) is 0 Å². The zero-order valence-corrected chi connectivity index (χ0v) is 4.81. The van der Waals surface area contributed by atoms with Crippen LogP contribution in [0.4, 0.5) is 5.69 Å². The lowest BCUT2D eigenvalue weighted by atomic mass is 10.4. The Hall–Kier alpha value is -0.760. The lowest BCUT2D eigenvalue weighted by Gasteiger charge is -1.89. The van der Waals surface area contributed by atoms with E-state index in [9.17, 15) is 0 Å². The fraction of sp³-hybridized carbons (Fsp3) is 0. The first-order valence-electron chi connectivity index (χ1n) is 2.12. The average Bonchev–Trinajstić information content (AvgIpc) is 1.77. The highest BCUT2D eigenvalue weighted by molar-refractivity contribution is 6.32. The Labute approximate surface area is 52.3 Å². The van der Waals surface area contributed by atoms with Gasteiger partial charge in [0.15, 0.2) is 0 Å². The summed E-state index contributed by atoms with van der Waals surface area (Å²) in [6.07, 6.45) is 2.98. The summed E-state index contributed by atoms with van der Waals surface area (Å²) < 4.78 is 0. The third-order valence-corrected chi connectivity index (χ3v) is 1.07. The topological polar surface area (TPSA) is 36.7 Å². The van der Waals surface area contributed by atoms with Gasteiger partial charge in [0.05, 0.1) is 10.7 Å². The molecular formula is C5H4ClN2. The normalized spacial score (nSPS) is 9.12. The van der Waals surface area contributed by atoms with Crippen LogP contribution in [-0.2, 0) is 0 Å². The minimum Gasteiger partial charge on any atom is -0.299 e. The first-order valence-corrected chi connectivity index (χ1v) is 2.49. The molecule has 1 N–H and O–H groups in total. The number of nitrogens with one attached hydrogen (secondary N) is 1. The van der Waals surface area contributed by atoms with Crippen LogP contribution in [0.15, 0.2) is 18.5 Å². The van der Waals surface area contributed by atoms with Gasteiger partial charge >= 0.3 is 0 Å². The molecule has 0 aliphatic heterocycles. The molecule has 0 bridgehead atoms. The molecule has 0 atom stereocenters. The van der Waals surface area contributed by atoms with Crippen molar-refractivity contribution in [1.82, 2.24) is 10.7 Å². The van der Waals surface area contributed by atoms with E-state index in [4.69, 9.17) is 17.3 Å². The van der Waals surface area contributed by atoms with Crippen molar-refractivity contribution >= 4 is 17.3 Å². The van der Waals surface area contributed by atoms with Gasteiger partial charge in [-0.2, -0.15) is 0 Å². The average molecular weight is 128 g/mol. The van der Waals surface area contributed by atoms with Crippen LogP contribution in [0.3, 0.4) is 0 Å². The number of nitrogens with zero attached hydrogens (tertiary/aromatic N) is 1. The van der Waals surface area contributed by atoms with Gasteiger partial charge < -0.3 is 0 Å². The van der Waals surface area contributed by atoms with Crippen molar-refractivity contribution < 1.29 is 0 Å². The van der Waals surface area contributed by atoms with Crippen molar-refractivity contribution in [2.45, 2.75) is 0 Å². The van der Waals surface area contributed by atoms with E-state index in [2.05, 4.69) is 4.98 Å². The zero-order valence-electron chi connectivity index (χ0n) is 4.06. The highest BCUT2D eigenvalue weighted by Gasteiger charge is 1.89. The number of pyridine rings is 1. The van der Waals surface area contributed by atoms with Crippen molar-refractivity contribution in [3.05, 3.63) is 23.5 Å². The molecule has 0 saturated carbocycles. The van der Waals surface area contributed by atoms with Gasteiger partial charge in [0.1, 0.15) is 0 Å². The maximum absolute atomic E-state index is 7.05. The van der Waals surface area contributed by atoms with E-state index in [1.54, 1.807) is 6.07 Å². The Morgan fingerprint density at radius 3 is 2.75 bits per heavy atom. The van der Waals surface area contributed by atoms with E-state index in [1.165, 1.54) is 12.4 Å². The summed E-state index contributed by atoms with van der Waals surface area (Å²) >= 11 is 5.46. The fourth-order valence-electron chi connectivity index (χ4n) is 0.375. The van der Waals surface area contributed by atoms with Gasteiger partial charge in [0.25, 0.3) is 0 Å². The first kappa shape index (κ1) is 5.38. The third kappa shape index (κ3) is 0.898. The van der Waals surface area contributed by atoms with Crippen LogP contribution in [-0.4, -0.2) is 4.98 Å². The summed E-state index contributed by atoms with van der Waals surface area (Å²) in [4.78, 5) is 3.69. The van der Waals surface area contributed by atoms with Crippen molar-refractivity contribution in [2.24, 2.45) is 0 Å². The van der Waals surface area contributed by atoms with E-state index < -0.39 is 0 Å². The van der Waals surface area contributed by atoms with Gasteiger partial charge in [0, 0.05) is 12.4 Å². The second-order valence-electron chi connectivity index (χ2n) is 1.36. The molecule has 41 valence electrons. The Balaban J connectivity index is 3.13. The second-order valence-corrected chi connectivity index (χ2v) is 1.76. The summed E-state index contributed by atoms with van der Waals surface area (Å²) in [5.41, 5.74) is 7.37. The summed E-state index contributed by atoms with van der Waals surface area (Å²) in [6, 6.07) is 1.54. The molecule has 3 heteroatoms. The minimum absolute atomic E-state index is 0.321. The summed E-state index contributed by atoms with van der Waals surface area (Å²) in [5.74, 6) is 0. The third-order valence-electron chi connectivity index (χ3n) is 0.772. The smallest absolute Gasteiger partial charge is 0.0838 e. The largest absolute Gasteiger partial charge is 0.299 e. The van der Waals surface area contributed by atoms with Crippen molar-refractivity contribution in [2.75, 3.05) is 0 Å². The number of halogens is 1. The molecule has 1 aromatic rings. The van der Waals surface area contributed by atoms with Gasteiger partial charge in [-0.3, -0.25) is 10.7 Å². The number of aromatic nitrogens is 1. The van der Waals surface area contributed by atoms with Gasteiger partial charge in [-0.25, -0.2) is 0 Å². The van der Waals surface area contributed by atoms with Crippen LogP contribution in [0.1, 0.15) is 0 Å². The molecular weight excluding hydrogens is 124 g/mol. The molecule has 0 saturated heterocycles. The second kappa shape index (κ2) is 2.01. The fourth-order valence-corrected chi connectivity index (χ4v) is 0.495. The van der Waals surface area contributed by atoms with Crippen molar-refractivity contribution in [1.29, 1.82) is 0 Å². The Morgan fingerprint density at radius 1 is 1.62 bits per heavy atom. The van der Waals surface area contributed by atoms with E-state index in [-0.39, 0.29) is 0 Å². The van der Waals surface area contributed by atoms with E-state index in [1.807, 2.05) is 0 Å². The van der Waals surface area contributed by atoms with Gasteiger partial charge in [-0.15, -0.1) is 0 Å². The predicted octanol–water partition coefficient (Wildman–Crippen LogP) is 1.65. The summed E-state index contributed by atoms with van der Waals surface area (Å²) in [7, 11) is 0. The molecule has 1 rings (SSSR count). The molecule has 0 amide bonds. The molecule has 1 radical (unpaired) electrons.